The van der Waals surface area contributed by atoms with E-state index in [-0.39, 0.29) is 54.5 Å². The van der Waals surface area contributed by atoms with E-state index in [1.54, 1.807) is 16.8 Å². The first-order valence-corrected chi connectivity index (χ1v) is 20.9. The Balaban J connectivity index is 1.48. The number of unbranched alkanes of at least 4 members (excludes halogenated alkanes) is 2. The van der Waals surface area contributed by atoms with Crippen molar-refractivity contribution >= 4 is 69.7 Å². The maximum atomic E-state index is 13.6. The highest BCUT2D eigenvalue weighted by atomic mass is 35.5. The topological polar surface area (TPSA) is 205 Å². The summed E-state index contributed by atoms with van der Waals surface area (Å²) >= 11 is 6.83. The van der Waals surface area contributed by atoms with Crippen LogP contribution in [0.15, 0.2) is 12.3 Å². The van der Waals surface area contributed by atoms with E-state index in [9.17, 15) is 36.8 Å². The monoisotopic (exact) mass is 782 g/mol. The summed E-state index contributed by atoms with van der Waals surface area (Å²) in [6.07, 6.45) is 2.04. The van der Waals surface area contributed by atoms with Crippen molar-refractivity contribution in [3.63, 3.8) is 0 Å². The van der Waals surface area contributed by atoms with Crippen LogP contribution in [0.5, 0.6) is 0 Å². The van der Waals surface area contributed by atoms with E-state index in [0.717, 1.165) is 12.8 Å². The molecule has 4 rings (SSSR count). The molecule has 1 saturated heterocycles. The molecule has 1 aliphatic carbocycles. The van der Waals surface area contributed by atoms with Crippen molar-refractivity contribution in [2.45, 2.75) is 101 Å². The summed E-state index contributed by atoms with van der Waals surface area (Å²) in [5.74, 6) is -1.93. The van der Waals surface area contributed by atoms with Crippen LogP contribution in [0.2, 0.25) is 5.15 Å². The molecule has 3 atom stereocenters. The predicted octanol–water partition coefficient (Wildman–Crippen LogP) is 6.32. The van der Waals surface area contributed by atoms with Crippen molar-refractivity contribution < 1.29 is 54.8 Å². The van der Waals surface area contributed by atoms with E-state index in [4.69, 9.17) is 34.9 Å². The first kappa shape index (κ1) is 40.3. The Morgan fingerprint density at radius 1 is 1.18 bits per heavy atom. The molecule has 2 aromatic rings. The van der Waals surface area contributed by atoms with E-state index in [1.165, 1.54) is 0 Å². The number of esters is 2. The van der Waals surface area contributed by atoms with Crippen LogP contribution >= 0.6 is 31.2 Å². The molecule has 3 heterocycles. The lowest BCUT2D eigenvalue weighted by Crippen LogP contribution is -2.36. The van der Waals surface area contributed by atoms with E-state index in [0.29, 0.717) is 36.0 Å². The van der Waals surface area contributed by atoms with Gasteiger partial charge in [-0.25, -0.2) is 17.8 Å². The molecule has 50 heavy (non-hydrogen) atoms. The predicted molar refractivity (Wildman–Crippen MR) is 183 cm³/mol. The Kier molecular flexibility index (Phi) is 14.8. The fourth-order valence-corrected chi connectivity index (χ4v) is 10.5. The van der Waals surface area contributed by atoms with Gasteiger partial charge in [0.2, 0.25) is 13.6 Å². The van der Waals surface area contributed by atoms with Crippen LogP contribution in [-0.2, 0) is 47.2 Å². The standard InChI is InChI=1S/C30H41ClFN4O11PS2/c1-3-5-7-25(37)43-16-45-48(39,46-17-44-26(38)8-6-4-2)18-50(41,42)15-21-13-24(49-40)30(47-21)36-10-9-22-27(34-20-11-19(32)12-20)23(14-33)28(31)35-29(22)36/h9-10,19-21,24,30,40H,3-8,11-13,15-18H2,1-2H3,(H,34,35)/t19?,20?,21-,24+,30+/m0/s1. The number of sulfone groups is 1. The minimum Gasteiger partial charge on any atom is -0.438 e. The number of pyridine rings is 1. The second-order valence-electron chi connectivity index (χ2n) is 12.0. The third kappa shape index (κ3) is 10.8. The van der Waals surface area contributed by atoms with Crippen LogP contribution in [0.25, 0.3) is 11.0 Å². The van der Waals surface area contributed by atoms with Crippen LogP contribution in [0.1, 0.15) is 83.4 Å². The maximum Gasteiger partial charge on any atom is 0.351 e. The lowest BCUT2D eigenvalue weighted by atomic mass is 9.90. The largest absolute Gasteiger partial charge is 0.438 e. The summed E-state index contributed by atoms with van der Waals surface area (Å²) in [5, 5.41) is 12.6. The maximum absolute atomic E-state index is 13.6. The number of nitrogens with one attached hydrogen (secondary N) is 1. The fraction of sp³-hybridized carbons (Fsp3) is 0.667. The average Bonchev–Trinajstić information content (AvgIpc) is 3.64. The smallest absolute Gasteiger partial charge is 0.351 e. The van der Waals surface area contributed by atoms with Crippen LogP contribution in [-0.4, -0.2) is 82.9 Å². The average molecular weight is 783 g/mol. The highest BCUT2D eigenvalue weighted by molar-refractivity contribution is 7.97. The second kappa shape index (κ2) is 18.3. The van der Waals surface area contributed by atoms with Gasteiger partial charge in [0.05, 0.1) is 22.8 Å². The van der Waals surface area contributed by atoms with Gasteiger partial charge < -0.3 is 28.6 Å². The van der Waals surface area contributed by atoms with Crippen LogP contribution in [0.3, 0.4) is 0 Å². The number of halogens is 2. The van der Waals surface area contributed by atoms with Crippen LogP contribution in [0, 0.1) is 11.3 Å². The molecule has 2 aliphatic rings. The van der Waals surface area contributed by atoms with Gasteiger partial charge in [-0.05, 0) is 50.2 Å². The first-order valence-electron chi connectivity index (χ1n) is 16.2. The highest BCUT2D eigenvalue weighted by Crippen LogP contribution is 2.50. The second-order valence-corrected chi connectivity index (χ2v) is 17.8. The SMILES string of the molecule is CCCCC(=O)OCOP(=O)(CS(=O)(=O)C[C@@H]1C[C@@H](SO)[C@H](n2ccc3c(NC4CC(F)C4)c(C#N)c(Cl)nc32)O1)OCOC(=O)CCCC. The fourth-order valence-electron chi connectivity index (χ4n) is 5.45. The van der Waals surface area contributed by atoms with Crippen LogP contribution in [0.4, 0.5) is 10.1 Å². The van der Waals surface area contributed by atoms with Crippen molar-refractivity contribution in [2.24, 2.45) is 0 Å². The number of carbonyl (C=O) groups excluding carboxylic acids is 2. The summed E-state index contributed by atoms with van der Waals surface area (Å²) < 4.78 is 91.9. The van der Waals surface area contributed by atoms with Crippen molar-refractivity contribution in [2.75, 3.05) is 30.1 Å². The van der Waals surface area contributed by atoms with Gasteiger partial charge in [0.15, 0.2) is 20.5 Å². The number of carbonyl (C=O) groups is 2. The number of nitrogens with zero attached hydrogens (tertiary/aromatic N) is 3. The van der Waals surface area contributed by atoms with Gasteiger partial charge in [0.25, 0.3) is 0 Å². The van der Waals surface area contributed by atoms with Gasteiger partial charge >= 0.3 is 19.5 Å². The molecule has 0 bridgehead atoms. The van der Waals surface area contributed by atoms with Gasteiger partial charge in [-0.2, -0.15) is 5.26 Å². The quantitative estimate of drug-likeness (QED) is 0.0496. The lowest BCUT2D eigenvalue weighted by Gasteiger charge is -2.31. The summed E-state index contributed by atoms with van der Waals surface area (Å²) in [7, 11) is -8.84. The Morgan fingerprint density at radius 2 is 1.80 bits per heavy atom. The number of aromatic nitrogens is 2. The minimum absolute atomic E-state index is 0.0515. The van der Waals surface area contributed by atoms with Gasteiger partial charge in [-0.15, -0.1) is 0 Å². The number of rotatable bonds is 20. The third-order valence-electron chi connectivity index (χ3n) is 8.11. The molecule has 0 aromatic carbocycles. The van der Waals surface area contributed by atoms with Crippen LogP contribution < -0.4 is 5.32 Å². The number of fused-ring (bicyclic) bond motifs is 1. The first-order chi connectivity index (χ1) is 23.8. The normalized spacial score (nSPS) is 22.2. The Morgan fingerprint density at radius 3 is 2.34 bits per heavy atom. The highest BCUT2D eigenvalue weighted by Gasteiger charge is 2.42. The van der Waals surface area contributed by atoms with Gasteiger partial charge in [-0.3, -0.25) is 23.2 Å². The molecule has 0 radical (unpaired) electrons. The molecule has 2 N–H and O–H groups in total. The number of alkyl halides is 1. The van der Waals surface area contributed by atoms with Crippen molar-refractivity contribution in [3.05, 3.63) is 23.0 Å². The molecular formula is C30H41ClFN4O11PS2. The Hall–Kier alpha value is -2.49. The summed E-state index contributed by atoms with van der Waals surface area (Å²) in [6, 6.07) is 3.49. The number of anilines is 1. The zero-order chi connectivity index (χ0) is 36.5. The van der Waals surface area contributed by atoms with E-state index < -0.39 is 78.0 Å². The number of ether oxygens (including phenoxy) is 3. The molecule has 278 valence electrons. The van der Waals surface area contributed by atoms with Gasteiger partial charge in [0.1, 0.15) is 29.7 Å². The molecule has 0 spiro atoms. The van der Waals surface area contributed by atoms with Crippen molar-refractivity contribution in [1.29, 1.82) is 5.26 Å². The zero-order valence-electron chi connectivity index (χ0n) is 27.6. The van der Waals surface area contributed by atoms with E-state index >= 15 is 0 Å². The number of nitriles is 1. The Labute approximate surface area is 299 Å². The van der Waals surface area contributed by atoms with E-state index in [2.05, 4.69) is 10.3 Å². The van der Waals surface area contributed by atoms with Gasteiger partial charge in [-0.1, -0.05) is 38.3 Å². The zero-order valence-corrected chi connectivity index (χ0v) is 30.9. The summed E-state index contributed by atoms with van der Waals surface area (Å²) in [6.45, 7) is 2.06. The summed E-state index contributed by atoms with van der Waals surface area (Å²) in [4.78, 5) is 28.2. The number of hydrogen-bond donors (Lipinski definition) is 2. The molecule has 1 aliphatic heterocycles. The lowest BCUT2D eigenvalue weighted by molar-refractivity contribution is -0.152. The molecule has 15 nitrogen and oxygen atoms in total. The molecule has 0 unspecified atom stereocenters. The van der Waals surface area contributed by atoms with E-state index in [1.807, 2.05) is 19.9 Å². The van der Waals surface area contributed by atoms with Gasteiger partial charge in [0, 0.05) is 30.5 Å². The third-order valence-corrected chi connectivity index (χ3v) is 13.8. The number of hydrogen-bond acceptors (Lipinski definition) is 15. The molecule has 0 amide bonds. The molecular weight excluding hydrogens is 742 g/mol. The Bertz CT molecular complexity index is 1670. The molecule has 2 aromatic heterocycles. The summed E-state index contributed by atoms with van der Waals surface area (Å²) in [5.41, 5.74) is -0.388. The molecule has 20 heteroatoms. The molecule has 2 fully saturated rings. The molecule has 1 saturated carbocycles. The van der Waals surface area contributed by atoms with Crippen molar-refractivity contribution in [1.82, 2.24) is 9.55 Å². The van der Waals surface area contributed by atoms with Crippen molar-refractivity contribution in [3.8, 4) is 6.07 Å². The minimum atomic E-state index is -4.55.